The van der Waals surface area contributed by atoms with Crippen molar-refractivity contribution in [2.45, 2.75) is 51.6 Å². The summed E-state index contributed by atoms with van der Waals surface area (Å²) in [7, 11) is 0. The van der Waals surface area contributed by atoms with E-state index in [0.29, 0.717) is 29.5 Å². The predicted octanol–water partition coefficient (Wildman–Crippen LogP) is 7.76. The van der Waals surface area contributed by atoms with Crippen LogP contribution >= 0.6 is 0 Å². The van der Waals surface area contributed by atoms with E-state index in [9.17, 15) is 13.2 Å². The van der Waals surface area contributed by atoms with Crippen molar-refractivity contribution >= 4 is 16.8 Å². The standard InChI is InChI=1S/C24H27F3O/c1-3-5-6-7-18-9-12-21(13-10-18)24(26,27)28-23-16-19-11-8-17(4-2)14-20(19)15-22(23)25/h3-5,8,11,14-16,18,21H,2,6-7,9-10,12-13H2,1H3/b5-3+. The Morgan fingerprint density at radius 3 is 2.54 bits per heavy atom. The third-order valence-corrected chi connectivity index (χ3v) is 5.70. The van der Waals surface area contributed by atoms with E-state index in [0.717, 1.165) is 31.2 Å². The van der Waals surface area contributed by atoms with Gasteiger partial charge in [0.1, 0.15) is 0 Å². The van der Waals surface area contributed by atoms with Crippen molar-refractivity contribution in [3.63, 3.8) is 0 Å². The van der Waals surface area contributed by atoms with E-state index in [1.54, 1.807) is 18.2 Å². The maximum absolute atomic E-state index is 14.7. The number of allylic oxidation sites excluding steroid dienone is 2. The average Bonchev–Trinajstić information content (AvgIpc) is 2.68. The monoisotopic (exact) mass is 388 g/mol. The van der Waals surface area contributed by atoms with Crippen molar-refractivity contribution < 1.29 is 17.9 Å². The smallest absolute Gasteiger partial charge is 0.400 e. The van der Waals surface area contributed by atoms with Crippen LogP contribution in [0.25, 0.3) is 16.8 Å². The highest BCUT2D eigenvalue weighted by Gasteiger charge is 2.44. The number of halogens is 3. The molecule has 1 aliphatic carbocycles. The molecule has 150 valence electrons. The summed E-state index contributed by atoms with van der Waals surface area (Å²) in [5, 5.41) is 1.29. The number of fused-ring (bicyclic) bond motifs is 1. The first-order valence-corrected chi connectivity index (χ1v) is 9.96. The first-order chi connectivity index (χ1) is 13.4. The van der Waals surface area contributed by atoms with Gasteiger partial charge in [-0.1, -0.05) is 36.9 Å². The van der Waals surface area contributed by atoms with Crippen LogP contribution in [0.15, 0.2) is 49.1 Å². The molecule has 0 bridgehead atoms. The van der Waals surface area contributed by atoms with E-state index >= 15 is 0 Å². The zero-order valence-electron chi connectivity index (χ0n) is 16.3. The van der Waals surface area contributed by atoms with Crippen LogP contribution in [0.1, 0.15) is 51.0 Å². The molecule has 0 saturated heterocycles. The Bertz CT molecular complexity index is 848. The van der Waals surface area contributed by atoms with Gasteiger partial charge in [-0.15, -0.1) is 0 Å². The largest absolute Gasteiger partial charge is 0.429 e. The van der Waals surface area contributed by atoms with Crippen LogP contribution in [0, 0.1) is 17.7 Å². The topological polar surface area (TPSA) is 9.23 Å². The number of hydrogen-bond donors (Lipinski definition) is 0. The minimum Gasteiger partial charge on any atom is -0.429 e. The minimum absolute atomic E-state index is 0.390. The second-order valence-electron chi connectivity index (χ2n) is 7.62. The third-order valence-electron chi connectivity index (χ3n) is 5.70. The predicted molar refractivity (Wildman–Crippen MR) is 109 cm³/mol. The highest BCUT2D eigenvalue weighted by Crippen LogP contribution is 2.42. The van der Waals surface area contributed by atoms with Crippen LogP contribution < -0.4 is 4.74 Å². The Morgan fingerprint density at radius 2 is 1.86 bits per heavy atom. The van der Waals surface area contributed by atoms with Crippen LogP contribution in [0.2, 0.25) is 0 Å². The van der Waals surface area contributed by atoms with Gasteiger partial charge in [-0.3, -0.25) is 0 Å². The van der Waals surface area contributed by atoms with Gasteiger partial charge in [0.05, 0.1) is 5.92 Å². The van der Waals surface area contributed by atoms with Gasteiger partial charge in [-0.25, -0.2) is 4.39 Å². The van der Waals surface area contributed by atoms with Gasteiger partial charge >= 0.3 is 6.11 Å². The molecule has 0 unspecified atom stereocenters. The lowest BCUT2D eigenvalue weighted by molar-refractivity contribution is -0.224. The van der Waals surface area contributed by atoms with Gasteiger partial charge in [-0.2, -0.15) is 8.78 Å². The van der Waals surface area contributed by atoms with Gasteiger partial charge in [0.2, 0.25) is 0 Å². The maximum atomic E-state index is 14.7. The molecule has 3 rings (SSSR count). The summed E-state index contributed by atoms with van der Waals surface area (Å²) in [6.07, 6.45) is 6.81. The lowest BCUT2D eigenvalue weighted by Crippen LogP contribution is -2.37. The fourth-order valence-electron chi connectivity index (χ4n) is 3.99. The van der Waals surface area contributed by atoms with Crippen LogP contribution in [0.3, 0.4) is 0 Å². The van der Waals surface area contributed by atoms with Gasteiger partial charge in [-0.05, 0) is 85.9 Å². The van der Waals surface area contributed by atoms with E-state index in [1.165, 1.54) is 12.1 Å². The Labute approximate surface area is 164 Å². The van der Waals surface area contributed by atoms with Gasteiger partial charge in [0.15, 0.2) is 11.6 Å². The van der Waals surface area contributed by atoms with Crippen molar-refractivity contribution in [2.24, 2.45) is 11.8 Å². The molecular weight excluding hydrogens is 361 g/mol. The zero-order valence-corrected chi connectivity index (χ0v) is 16.3. The van der Waals surface area contributed by atoms with E-state index in [1.807, 2.05) is 19.1 Å². The summed E-state index contributed by atoms with van der Waals surface area (Å²) < 4.78 is 48.8. The SMILES string of the molecule is C=Cc1ccc2cc(OC(F)(F)C3CCC(CC/C=C/C)CC3)c(F)cc2c1. The number of benzene rings is 2. The quantitative estimate of drug-likeness (QED) is 0.440. The molecule has 28 heavy (non-hydrogen) atoms. The first kappa shape index (κ1) is 20.5. The summed E-state index contributed by atoms with van der Waals surface area (Å²) >= 11 is 0. The summed E-state index contributed by atoms with van der Waals surface area (Å²) in [6.45, 7) is 5.67. The van der Waals surface area contributed by atoms with Crippen molar-refractivity contribution in [2.75, 3.05) is 0 Å². The van der Waals surface area contributed by atoms with E-state index in [-0.39, 0.29) is 5.75 Å². The molecule has 0 atom stereocenters. The molecule has 0 spiro atoms. The molecule has 0 aromatic heterocycles. The molecular formula is C24H27F3O. The Kier molecular flexibility index (Phi) is 6.48. The molecule has 0 N–H and O–H groups in total. The van der Waals surface area contributed by atoms with E-state index in [2.05, 4.69) is 12.7 Å². The molecule has 1 saturated carbocycles. The molecule has 2 aromatic carbocycles. The first-order valence-electron chi connectivity index (χ1n) is 9.96. The van der Waals surface area contributed by atoms with Gasteiger partial charge in [0.25, 0.3) is 0 Å². The normalized spacial score (nSPS) is 20.6. The number of alkyl halides is 2. The number of rotatable bonds is 7. The van der Waals surface area contributed by atoms with Crippen LogP contribution in [-0.2, 0) is 0 Å². The molecule has 4 heteroatoms. The fraction of sp³-hybridized carbons (Fsp3) is 0.417. The second-order valence-corrected chi connectivity index (χ2v) is 7.62. The van der Waals surface area contributed by atoms with Gasteiger partial charge in [0, 0.05) is 0 Å². The molecule has 2 aromatic rings. The van der Waals surface area contributed by atoms with Gasteiger partial charge < -0.3 is 4.74 Å². The fourth-order valence-corrected chi connectivity index (χ4v) is 3.99. The molecule has 0 radical (unpaired) electrons. The summed E-state index contributed by atoms with van der Waals surface area (Å²) in [5.41, 5.74) is 0.845. The van der Waals surface area contributed by atoms with Crippen LogP contribution in [-0.4, -0.2) is 6.11 Å². The molecule has 1 fully saturated rings. The number of ether oxygens (including phenoxy) is 1. The highest BCUT2D eigenvalue weighted by molar-refractivity contribution is 5.86. The third kappa shape index (κ3) is 4.78. The Balaban J connectivity index is 1.68. The summed E-state index contributed by atoms with van der Waals surface area (Å²) in [5.74, 6) is -1.55. The second kappa shape index (κ2) is 8.85. The van der Waals surface area contributed by atoms with Crippen molar-refractivity contribution in [3.05, 3.63) is 60.4 Å². The highest BCUT2D eigenvalue weighted by atomic mass is 19.3. The Hall–Kier alpha value is -2.23. The lowest BCUT2D eigenvalue weighted by Gasteiger charge is -2.33. The number of hydrogen-bond acceptors (Lipinski definition) is 1. The minimum atomic E-state index is -3.37. The van der Waals surface area contributed by atoms with Crippen molar-refractivity contribution in [1.82, 2.24) is 0 Å². The lowest BCUT2D eigenvalue weighted by atomic mass is 9.79. The van der Waals surface area contributed by atoms with E-state index < -0.39 is 17.8 Å². The van der Waals surface area contributed by atoms with Crippen LogP contribution in [0.5, 0.6) is 5.75 Å². The average molecular weight is 388 g/mol. The summed E-state index contributed by atoms with van der Waals surface area (Å²) in [6, 6.07) is 7.93. The molecule has 0 aliphatic heterocycles. The molecule has 0 heterocycles. The van der Waals surface area contributed by atoms with E-state index in [4.69, 9.17) is 4.74 Å². The molecule has 1 aliphatic rings. The van der Waals surface area contributed by atoms with Crippen molar-refractivity contribution in [3.8, 4) is 5.75 Å². The molecule has 1 nitrogen and oxygen atoms in total. The summed E-state index contributed by atoms with van der Waals surface area (Å²) in [4.78, 5) is 0. The van der Waals surface area contributed by atoms with Crippen LogP contribution in [0.4, 0.5) is 13.2 Å². The zero-order chi connectivity index (χ0) is 20.1. The Morgan fingerprint density at radius 1 is 1.11 bits per heavy atom. The maximum Gasteiger partial charge on any atom is 0.400 e. The molecule has 0 amide bonds. The van der Waals surface area contributed by atoms with Crippen molar-refractivity contribution in [1.29, 1.82) is 0 Å².